The van der Waals surface area contributed by atoms with E-state index < -0.39 is 0 Å². The van der Waals surface area contributed by atoms with Crippen LogP contribution in [-0.4, -0.2) is 23.2 Å². The van der Waals surface area contributed by atoms with Crippen LogP contribution in [0.25, 0.3) is 0 Å². The summed E-state index contributed by atoms with van der Waals surface area (Å²) in [5.41, 5.74) is 2.06. The minimum atomic E-state index is -0.217. The highest BCUT2D eigenvalue weighted by Gasteiger charge is 2.17. The number of methoxy groups -OCH3 is 1. The monoisotopic (exact) mass is 414 g/mol. The van der Waals surface area contributed by atoms with E-state index >= 15 is 0 Å². The molecule has 2 aromatic carbocycles. The lowest BCUT2D eigenvalue weighted by atomic mass is 9.97. The Morgan fingerprint density at radius 1 is 1.00 bits per heavy atom. The van der Waals surface area contributed by atoms with Crippen LogP contribution in [-0.2, 0) is 13.1 Å². The first-order chi connectivity index (χ1) is 14.1. The van der Waals surface area contributed by atoms with Gasteiger partial charge in [0.1, 0.15) is 11.6 Å². The van der Waals surface area contributed by atoms with Crippen LogP contribution in [0.1, 0.15) is 56.1 Å². The third-order valence-corrected chi connectivity index (χ3v) is 5.89. The van der Waals surface area contributed by atoms with Crippen molar-refractivity contribution in [1.29, 1.82) is 0 Å². The first-order valence-corrected chi connectivity index (χ1v) is 11.0. The van der Waals surface area contributed by atoms with Gasteiger partial charge < -0.3 is 15.0 Å². The van der Waals surface area contributed by atoms with E-state index in [9.17, 15) is 4.39 Å². The minimum absolute atomic E-state index is 0.217. The van der Waals surface area contributed by atoms with Crippen molar-refractivity contribution in [3.8, 4) is 5.75 Å². The molecular formula is C24H31FN2OS. The fourth-order valence-electron chi connectivity index (χ4n) is 3.87. The molecule has 2 aromatic rings. The van der Waals surface area contributed by atoms with Gasteiger partial charge in [0.15, 0.2) is 5.11 Å². The van der Waals surface area contributed by atoms with E-state index in [1.807, 2.05) is 18.2 Å². The quantitative estimate of drug-likeness (QED) is 0.602. The standard InChI is InChI=1S/C24H31FN2OS/c1-28-23-14-12-19(13-15-23)17-27(18-20-8-7-9-21(25)16-20)24(29)26-22-10-5-3-2-4-6-11-22/h7-9,12-16,22H,2-6,10-11,17-18H2,1H3,(H,26,29). The third kappa shape index (κ3) is 7.00. The summed E-state index contributed by atoms with van der Waals surface area (Å²) < 4.78 is 19.0. The Bertz CT molecular complexity index is 773. The topological polar surface area (TPSA) is 24.5 Å². The van der Waals surface area contributed by atoms with Crippen LogP contribution < -0.4 is 10.1 Å². The average Bonchev–Trinajstić information content (AvgIpc) is 2.70. The normalized spacial score (nSPS) is 15.2. The Morgan fingerprint density at radius 2 is 1.66 bits per heavy atom. The van der Waals surface area contributed by atoms with Crippen molar-refractivity contribution in [1.82, 2.24) is 10.2 Å². The summed E-state index contributed by atoms with van der Waals surface area (Å²) in [4.78, 5) is 2.13. The number of benzene rings is 2. The lowest BCUT2D eigenvalue weighted by Gasteiger charge is -2.30. The zero-order valence-electron chi connectivity index (χ0n) is 17.2. The molecule has 0 saturated heterocycles. The van der Waals surface area contributed by atoms with Gasteiger partial charge in [-0.1, -0.05) is 56.4 Å². The van der Waals surface area contributed by atoms with Gasteiger partial charge in [-0.25, -0.2) is 4.39 Å². The molecule has 0 aliphatic heterocycles. The Labute approximate surface area is 179 Å². The largest absolute Gasteiger partial charge is 0.497 e. The van der Waals surface area contributed by atoms with Gasteiger partial charge in [0, 0.05) is 19.1 Å². The van der Waals surface area contributed by atoms with Gasteiger partial charge in [-0.15, -0.1) is 0 Å². The molecule has 156 valence electrons. The van der Waals surface area contributed by atoms with Crippen molar-refractivity contribution in [3.05, 3.63) is 65.5 Å². The van der Waals surface area contributed by atoms with Gasteiger partial charge in [-0.05, 0) is 60.5 Å². The van der Waals surface area contributed by atoms with E-state index in [0.717, 1.165) is 34.8 Å². The Morgan fingerprint density at radius 3 is 2.31 bits per heavy atom. The second kappa shape index (κ2) is 11.1. The number of ether oxygens (including phenoxy) is 1. The zero-order chi connectivity index (χ0) is 20.5. The van der Waals surface area contributed by atoms with E-state index in [0.29, 0.717) is 19.1 Å². The predicted molar refractivity (Wildman–Crippen MR) is 120 cm³/mol. The molecular weight excluding hydrogens is 383 g/mol. The summed E-state index contributed by atoms with van der Waals surface area (Å²) >= 11 is 5.81. The van der Waals surface area contributed by atoms with E-state index in [-0.39, 0.29) is 5.82 Å². The number of halogens is 1. The Hall–Kier alpha value is -2.14. The van der Waals surface area contributed by atoms with Gasteiger partial charge in [0.2, 0.25) is 0 Å². The van der Waals surface area contributed by atoms with Crippen LogP contribution >= 0.6 is 12.2 Å². The second-order valence-electron chi connectivity index (χ2n) is 7.83. The van der Waals surface area contributed by atoms with Crippen LogP contribution in [0.4, 0.5) is 4.39 Å². The molecule has 0 spiro atoms. The molecule has 0 bridgehead atoms. The number of hydrogen-bond donors (Lipinski definition) is 1. The van der Waals surface area contributed by atoms with Crippen LogP contribution in [0.3, 0.4) is 0 Å². The Kier molecular flexibility index (Phi) is 8.29. The molecule has 0 atom stereocenters. The maximum absolute atomic E-state index is 13.7. The number of nitrogens with one attached hydrogen (secondary N) is 1. The lowest BCUT2D eigenvalue weighted by molar-refractivity contribution is 0.369. The molecule has 0 unspecified atom stereocenters. The molecule has 5 heteroatoms. The molecule has 29 heavy (non-hydrogen) atoms. The van der Waals surface area contributed by atoms with E-state index in [4.69, 9.17) is 17.0 Å². The number of hydrogen-bond acceptors (Lipinski definition) is 2. The van der Waals surface area contributed by atoms with E-state index in [1.165, 1.54) is 38.2 Å². The molecule has 1 aliphatic carbocycles. The van der Waals surface area contributed by atoms with Crippen molar-refractivity contribution < 1.29 is 9.13 Å². The van der Waals surface area contributed by atoms with Gasteiger partial charge in [0.25, 0.3) is 0 Å². The van der Waals surface area contributed by atoms with Crippen LogP contribution in [0, 0.1) is 5.82 Å². The number of thiocarbonyl (C=S) groups is 1. The molecule has 1 aliphatic rings. The molecule has 0 heterocycles. The molecule has 1 fully saturated rings. The van der Waals surface area contributed by atoms with E-state index in [2.05, 4.69) is 22.3 Å². The van der Waals surface area contributed by atoms with Crippen LogP contribution in [0.2, 0.25) is 0 Å². The summed E-state index contributed by atoms with van der Waals surface area (Å²) in [7, 11) is 1.67. The molecule has 1 N–H and O–H groups in total. The van der Waals surface area contributed by atoms with Gasteiger partial charge in [-0.3, -0.25) is 0 Å². The smallest absolute Gasteiger partial charge is 0.169 e. The maximum atomic E-state index is 13.7. The molecule has 1 saturated carbocycles. The molecule has 0 radical (unpaired) electrons. The zero-order valence-corrected chi connectivity index (χ0v) is 18.0. The van der Waals surface area contributed by atoms with Gasteiger partial charge in [-0.2, -0.15) is 0 Å². The fraction of sp³-hybridized carbons (Fsp3) is 0.458. The highest BCUT2D eigenvalue weighted by molar-refractivity contribution is 7.80. The number of rotatable bonds is 6. The first-order valence-electron chi connectivity index (χ1n) is 10.6. The van der Waals surface area contributed by atoms with Gasteiger partial charge >= 0.3 is 0 Å². The van der Waals surface area contributed by atoms with Crippen LogP contribution in [0.5, 0.6) is 5.75 Å². The average molecular weight is 415 g/mol. The van der Waals surface area contributed by atoms with Crippen molar-refractivity contribution in [2.45, 2.75) is 64.1 Å². The molecule has 0 aromatic heterocycles. The summed E-state index contributed by atoms with van der Waals surface area (Å²) in [5, 5.41) is 4.35. The van der Waals surface area contributed by atoms with Crippen molar-refractivity contribution in [3.63, 3.8) is 0 Å². The predicted octanol–water partition coefficient (Wildman–Crippen LogP) is 5.82. The third-order valence-electron chi connectivity index (χ3n) is 5.51. The first kappa shape index (κ1) is 21.6. The van der Waals surface area contributed by atoms with Crippen molar-refractivity contribution in [2.24, 2.45) is 0 Å². The lowest BCUT2D eigenvalue weighted by Crippen LogP contribution is -2.44. The summed E-state index contributed by atoms with van der Waals surface area (Å²) in [5.74, 6) is 0.617. The van der Waals surface area contributed by atoms with Crippen molar-refractivity contribution in [2.75, 3.05) is 7.11 Å². The number of nitrogens with zero attached hydrogens (tertiary/aromatic N) is 1. The fourth-order valence-corrected chi connectivity index (χ4v) is 4.17. The minimum Gasteiger partial charge on any atom is -0.497 e. The molecule has 0 amide bonds. The molecule has 3 rings (SSSR count). The Balaban J connectivity index is 1.71. The summed E-state index contributed by atoms with van der Waals surface area (Å²) in [6, 6.07) is 15.2. The van der Waals surface area contributed by atoms with E-state index in [1.54, 1.807) is 19.2 Å². The van der Waals surface area contributed by atoms with Gasteiger partial charge in [0.05, 0.1) is 7.11 Å². The summed E-state index contributed by atoms with van der Waals surface area (Å²) in [6.45, 7) is 1.24. The summed E-state index contributed by atoms with van der Waals surface area (Å²) in [6.07, 6.45) is 8.80. The highest BCUT2D eigenvalue weighted by atomic mass is 32.1. The van der Waals surface area contributed by atoms with Crippen LogP contribution in [0.15, 0.2) is 48.5 Å². The maximum Gasteiger partial charge on any atom is 0.169 e. The second-order valence-corrected chi connectivity index (χ2v) is 8.21. The highest BCUT2D eigenvalue weighted by Crippen LogP contribution is 2.19. The molecule has 3 nitrogen and oxygen atoms in total. The SMILES string of the molecule is COc1ccc(CN(Cc2cccc(F)c2)C(=S)NC2CCCCCCC2)cc1. The van der Waals surface area contributed by atoms with Crippen molar-refractivity contribution >= 4 is 17.3 Å².